The Kier molecular flexibility index (Phi) is 3.88. The summed E-state index contributed by atoms with van der Waals surface area (Å²) in [6.07, 6.45) is 2.95. The van der Waals surface area contributed by atoms with Crippen LogP contribution in [-0.4, -0.2) is 27.3 Å². The predicted octanol–water partition coefficient (Wildman–Crippen LogP) is 2.41. The number of benzene rings is 2. The highest BCUT2D eigenvalue weighted by atomic mass is 16.3. The molecule has 0 radical (unpaired) electrons. The summed E-state index contributed by atoms with van der Waals surface area (Å²) in [4.78, 5) is 16.3. The molecule has 3 N–H and O–H groups in total. The average Bonchev–Trinajstić information content (AvgIpc) is 2.58. The number of hydrogen-bond donors (Lipinski definition) is 3. The first kappa shape index (κ1) is 14.5. The Morgan fingerprint density at radius 1 is 1.13 bits per heavy atom. The van der Waals surface area contributed by atoms with Gasteiger partial charge in [0.1, 0.15) is 0 Å². The fourth-order valence-electron chi connectivity index (χ4n) is 2.09. The van der Waals surface area contributed by atoms with Gasteiger partial charge in [-0.1, -0.05) is 12.1 Å². The molecule has 3 aromatic rings. The summed E-state index contributed by atoms with van der Waals surface area (Å²) >= 11 is 0. The van der Waals surface area contributed by atoms with E-state index < -0.39 is 0 Å². The molecule has 6 heteroatoms. The van der Waals surface area contributed by atoms with Gasteiger partial charge in [-0.25, -0.2) is 5.43 Å². The molecule has 1 amide bonds. The Balaban J connectivity index is 1.75. The minimum Gasteiger partial charge on any atom is -0.504 e. The van der Waals surface area contributed by atoms with Crippen molar-refractivity contribution in [1.82, 2.24) is 10.4 Å². The summed E-state index contributed by atoms with van der Waals surface area (Å²) in [6, 6.07) is 13.3. The third-order valence-corrected chi connectivity index (χ3v) is 3.28. The van der Waals surface area contributed by atoms with Crippen molar-refractivity contribution in [3.05, 3.63) is 65.9 Å². The molecule has 0 aliphatic rings. The lowest BCUT2D eigenvalue weighted by Crippen LogP contribution is -2.17. The van der Waals surface area contributed by atoms with Crippen LogP contribution in [0.4, 0.5) is 0 Å². The van der Waals surface area contributed by atoms with Crippen molar-refractivity contribution >= 4 is 23.0 Å². The normalized spacial score (nSPS) is 11.0. The summed E-state index contributed by atoms with van der Waals surface area (Å²) < 4.78 is 0. The first-order valence-corrected chi connectivity index (χ1v) is 6.84. The number of rotatable bonds is 3. The number of nitrogens with one attached hydrogen (secondary N) is 1. The molecule has 1 heterocycles. The fourth-order valence-corrected chi connectivity index (χ4v) is 2.09. The van der Waals surface area contributed by atoms with Crippen LogP contribution in [0.2, 0.25) is 0 Å². The average molecular weight is 307 g/mol. The van der Waals surface area contributed by atoms with Crippen molar-refractivity contribution in [2.45, 2.75) is 0 Å². The lowest BCUT2D eigenvalue weighted by Gasteiger charge is -2.03. The van der Waals surface area contributed by atoms with Crippen LogP contribution in [0.25, 0.3) is 10.9 Å². The van der Waals surface area contributed by atoms with E-state index in [9.17, 15) is 15.0 Å². The molecule has 2 aromatic carbocycles. The predicted molar refractivity (Wildman–Crippen MR) is 86.6 cm³/mol. The van der Waals surface area contributed by atoms with Crippen LogP contribution in [0.3, 0.4) is 0 Å². The number of aromatic hydroxyl groups is 2. The quantitative estimate of drug-likeness (QED) is 0.393. The SMILES string of the molecule is O=C(N/N=C\c1cccc(O)c1O)c1ccc2ncccc2c1. The Morgan fingerprint density at radius 3 is 2.87 bits per heavy atom. The molecule has 0 saturated carbocycles. The maximum atomic E-state index is 12.1. The molecule has 0 fully saturated rings. The van der Waals surface area contributed by atoms with Crippen molar-refractivity contribution in [3.8, 4) is 11.5 Å². The van der Waals surface area contributed by atoms with E-state index >= 15 is 0 Å². The molecule has 0 aliphatic heterocycles. The van der Waals surface area contributed by atoms with Crippen LogP contribution in [-0.2, 0) is 0 Å². The second kappa shape index (κ2) is 6.15. The van der Waals surface area contributed by atoms with Gasteiger partial charge < -0.3 is 10.2 Å². The highest BCUT2D eigenvalue weighted by Gasteiger charge is 2.06. The van der Waals surface area contributed by atoms with Gasteiger partial charge in [-0.15, -0.1) is 0 Å². The third-order valence-electron chi connectivity index (χ3n) is 3.28. The largest absolute Gasteiger partial charge is 0.504 e. The summed E-state index contributed by atoms with van der Waals surface area (Å²) in [5.41, 5.74) is 3.93. The number of fused-ring (bicyclic) bond motifs is 1. The monoisotopic (exact) mass is 307 g/mol. The molecule has 114 valence electrons. The van der Waals surface area contributed by atoms with E-state index in [1.165, 1.54) is 12.3 Å². The molecule has 23 heavy (non-hydrogen) atoms. The number of pyridine rings is 1. The van der Waals surface area contributed by atoms with Crippen molar-refractivity contribution in [3.63, 3.8) is 0 Å². The van der Waals surface area contributed by atoms with Crippen LogP contribution < -0.4 is 5.43 Å². The summed E-state index contributed by atoms with van der Waals surface area (Å²) in [7, 11) is 0. The number of hydrogen-bond acceptors (Lipinski definition) is 5. The number of carbonyl (C=O) groups excluding carboxylic acids is 1. The van der Waals surface area contributed by atoms with Gasteiger partial charge in [0.2, 0.25) is 0 Å². The topological polar surface area (TPSA) is 94.8 Å². The van der Waals surface area contributed by atoms with Crippen LogP contribution >= 0.6 is 0 Å². The molecule has 0 atom stereocenters. The van der Waals surface area contributed by atoms with E-state index in [1.807, 2.05) is 6.07 Å². The third kappa shape index (κ3) is 3.11. The van der Waals surface area contributed by atoms with Crippen LogP contribution in [0.5, 0.6) is 11.5 Å². The van der Waals surface area contributed by atoms with E-state index in [-0.39, 0.29) is 17.4 Å². The summed E-state index contributed by atoms with van der Waals surface area (Å²) in [5.74, 6) is -0.920. The van der Waals surface area contributed by atoms with Crippen molar-refractivity contribution in [2.75, 3.05) is 0 Å². The number of carbonyl (C=O) groups is 1. The van der Waals surface area contributed by atoms with E-state index in [2.05, 4.69) is 15.5 Å². The molecule has 1 aromatic heterocycles. The zero-order valence-electron chi connectivity index (χ0n) is 12.0. The van der Waals surface area contributed by atoms with Gasteiger partial charge in [0, 0.05) is 22.7 Å². The summed E-state index contributed by atoms with van der Waals surface area (Å²) in [5, 5.41) is 23.7. The van der Waals surface area contributed by atoms with Crippen molar-refractivity contribution < 1.29 is 15.0 Å². The zero-order chi connectivity index (χ0) is 16.2. The molecule has 0 aliphatic carbocycles. The Morgan fingerprint density at radius 2 is 2.00 bits per heavy atom. The molecular weight excluding hydrogens is 294 g/mol. The Hall–Kier alpha value is -3.41. The maximum absolute atomic E-state index is 12.1. The number of nitrogens with zero attached hydrogens (tertiary/aromatic N) is 2. The first-order valence-electron chi connectivity index (χ1n) is 6.84. The van der Waals surface area contributed by atoms with Gasteiger partial charge in [-0.2, -0.15) is 5.10 Å². The van der Waals surface area contributed by atoms with Gasteiger partial charge >= 0.3 is 0 Å². The fraction of sp³-hybridized carbons (Fsp3) is 0. The summed E-state index contributed by atoms with van der Waals surface area (Å²) in [6.45, 7) is 0. The number of amides is 1. The second-order valence-electron chi connectivity index (χ2n) is 4.82. The van der Waals surface area contributed by atoms with Crippen molar-refractivity contribution in [2.24, 2.45) is 5.10 Å². The van der Waals surface area contributed by atoms with Gasteiger partial charge in [0.15, 0.2) is 11.5 Å². The smallest absolute Gasteiger partial charge is 0.271 e. The molecule has 6 nitrogen and oxygen atoms in total. The lowest BCUT2D eigenvalue weighted by molar-refractivity contribution is 0.0955. The van der Waals surface area contributed by atoms with Gasteiger partial charge in [0.25, 0.3) is 5.91 Å². The molecule has 3 rings (SSSR count). The standard InChI is InChI=1S/C17H13N3O3/c21-15-5-1-3-13(16(15)22)10-19-20-17(23)12-6-7-14-11(9-12)4-2-8-18-14/h1-10,21-22H,(H,20,23)/b19-10-. The van der Waals surface area contributed by atoms with E-state index in [4.69, 9.17) is 0 Å². The minimum absolute atomic E-state index is 0.248. The van der Waals surface area contributed by atoms with E-state index in [0.717, 1.165) is 10.9 Å². The number of aromatic nitrogens is 1. The molecular formula is C17H13N3O3. The van der Waals surface area contributed by atoms with Crippen LogP contribution in [0.15, 0.2) is 59.8 Å². The lowest BCUT2D eigenvalue weighted by atomic mass is 10.1. The second-order valence-corrected chi connectivity index (χ2v) is 4.82. The first-order chi connectivity index (χ1) is 11.1. The maximum Gasteiger partial charge on any atom is 0.271 e. The van der Waals surface area contributed by atoms with Gasteiger partial charge in [-0.05, 0) is 36.4 Å². The van der Waals surface area contributed by atoms with Gasteiger partial charge in [-0.3, -0.25) is 9.78 Å². The Labute approximate surface area is 131 Å². The van der Waals surface area contributed by atoms with Crippen LogP contribution in [0, 0.1) is 0 Å². The zero-order valence-corrected chi connectivity index (χ0v) is 12.0. The highest BCUT2D eigenvalue weighted by Crippen LogP contribution is 2.26. The minimum atomic E-state index is -0.383. The molecule has 0 spiro atoms. The van der Waals surface area contributed by atoms with Crippen molar-refractivity contribution in [1.29, 1.82) is 0 Å². The highest BCUT2D eigenvalue weighted by molar-refractivity contribution is 5.98. The van der Waals surface area contributed by atoms with E-state index in [1.54, 1.807) is 42.6 Å². The molecule has 0 bridgehead atoms. The van der Waals surface area contributed by atoms with Crippen LogP contribution in [0.1, 0.15) is 15.9 Å². The van der Waals surface area contributed by atoms with Gasteiger partial charge in [0.05, 0.1) is 11.7 Å². The molecule has 0 unspecified atom stereocenters. The number of phenols is 2. The van der Waals surface area contributed by atoms with E-state index in [0.29, 0.717) is 11.1 Å². The number of hydrazone groups is 1. The number of phenolic OH excluding ortho intramolecular Hbond substituents is 2. The Bertz CT molecular complexity index is 906. The molecule has 0 saturated heterocycles. The number of para-hydroxylation sites is 1.